The Balaban J connectivity index is 2.07. The minimum atomic E-state index is -3.19. The smallest absolute Gasteiger partial charge is 0.228 e. The van der Waals surface area contributed by atoms with Crippen molar-refractivity contribution >= 4 is 39.0 Å². The highest BCUT2D eigenvalue weighted by molar-refractivity contribution is 7.90. The number of hydrogen-bond acceptors (Lipinski definition) is 6. The maximum atomic E-state index is 11.3. The van der Waals surface area contributed by atoms with E-state index in [1.807, 2.05) is 0 Å². The summed E-state index contributed by atoms with van der Waals surface area (Å²) in [7, 11) is -3.19. The zero-order valence-electron chi connectivity index (χ0n) is 10.3. The third kappa shape index (κ3) is 4.03. The molecule has 0 atom stereocenters. The number of rotatable bonds is 4. The molecule has 1 N–H and O–H groups in total. The number of hydrogen-bond donors (Lipinski definition) is 1. The average Bonchev–Trinajstić information content (AvgIpc) is 2.35. The fourth-order valence-corrected chi connectivity index (χ4v) is 2.43. The van der Waals surface area contributed by atoms with E-state index >= 15 is 0 Å². The fourth-order valence-electron chi connectivity index (χ4n) is 1.44. The number of halogens is 2. The Morgan fingerprint density at radius 1 is 1.05 bits per heavy atom. The highest BCUT2D eigenvalue weighted by atomic mass is 35.5. The summed E-state index contributed by atoms with van der Waals surface area (Å²) in [5, 5.41) is 2.92. The predicted octanol–water partition coefficient (Wildman–Crippen LogP) is 2.19. The van der Waals surface area contributed by atoms with E-state index in [0.29, 0.717) is 6.54 Å². The summed E-state index contributed by atoms with van der Waals surface area (Å²) in [6.45, 7) is 0.403. The Morgan fingerprint density at radius 2 is 1.60 bits per heavy atom. The molecule has 9 heteroatoms. The summed E-state index contributed by atoms with van der Waals surface area (Å²) in [6.07, 6.45) is 1.16. The summed E-state index contributed by atoms with van der Waals surface area (Å²) in [4.78, 5) is 11.6. The van der Waals surface area contributed by atoms with Crippen molar-refractivity contribution in [1.29, 1.82) is 0 Å². The SMILES string of the molecule is CS(=O)(=O)c1ccc(CNc2nc(Cl)nc(Cl)n2)cc1. The van der Waals surface area contributed by atoms with Crippen molar-refractivity contribution in [3.8, 4) is 0 Å². The minimum absolute atomic E-state index is 0.0000701. The Bertz CT molecular complexity index is 699. The molecule has 0 fully saturated rings. The van der Waals surface area contributed by atoms with Crippen LogP contribution in [0.2, 0.25) is 10.6 Å². The Morgan fingerprint density at radius 3 is 2.10 bits per heavy atom. The van der Waals surface area contributed by atoms with Gasteiger partial charge in [0.2, 0.25) is 16.5 Å². The molecule has 2 aromatic rings. The van der Waals surface area contributed by atoms with Crippen molar-refractivity contribution in [1.82, 2.24) is 15.0 Å². The molecular weight excluding hydrogens is 323 g/mol. The molecule has 20 heavy (non-hydrogen) atoms. The summed E-state index contributed by atoms with van der Waals surface area (Å²) < 4.78 is 22.7. The van der Waals surface area contributed by atoms with Crippen LogP contribution in [0, 0.1) is 0 Å². The second-order valence-electron chi connectivity index (χ2n) is 3.97. The lowest BCUT2D eigenvalue weighted by Crippen LogP contribution is -2.05. The van der Waals surface area contributed by atoms with E-state index in [2.05, 4.69) is 20.3 Å². The van der Waals surface area contributed by atoms with Gasteiger partial charge in [-0.15, -0.1) is 0 Å². The van der Waals surface area contributed by atoms with E-state index in [0.717, 1.165) is 11.8 Å². The Kier molecular flexibility index (Phi) is 4.42. The number of nitrogens with zero attached hydrogens (tertiary/aromatic N) is 3. The van der Waals surface area contributed by atoms with Crippen LogP contribution in [0.4, 0.5) is 5.95 Å². The highest BCUT2D eigenvalue weighted by Gasteiger charge is 2.07. The van der Waals surface area contributed by atoms with E-state index in [4.69, 9.17) is 23.2 Å². The van der Waals surface area contributed by atoms with Gasteiger partial charge in [-0.3, -0.25) is 0 Å². The second kappa shape index (κ2) is 5.90. The maximum absolute atomic E-state index is 11.3. The van der Waals surface area contributed by atoms with Crippen molar-refractivity contribution in [3.63, 3.8) is 0 Å². The fraction of sp³-hybridized carbons (Fsp3) is 0.182. The minimum Gasteiger partial charge on any atom is -0.350 e. The van der Waals surface area contributed by atoms with Crippen LogP contribution in [0.1, 0.15) is 5.56 Å². The zero-order valence-corrected chi connectivity index (χ0v) is 12.7. The molecule has 0 saturated heterocycles. The van der Waals surface area contributed by atoms with E-state index in [1.54, 1.807) is 24.3 Å². The van der Waals surface area contributed by atoms with Gasteiger partial charge in [0.1, 0.15) is 0 Å². The molecular formula is C11H10Cl2N4O2S. The summed E-state index contributed by atoms with van der Waals surface area (Å²) in [5.74, 6) is 0.252. The van der Waals surface area contributed by atoms with Gasteiger partial charge in [0.25, 0.3) is 0 Å². The van der Waals surface area contributed by atoms with Crippen molar-refractivity contribution in [2.75, 3.05) is 11.6 Å². The van der Waals surface area contributed by atoms with Crippen molar-refractivity contribution in [2.24, 2.45) is 0 Å². The van der Waals surface area contributed by atoms with Gasteiger partial charge in [0, 0.05) is 12.8 Å². The summed E-state index contributed by atoms with van der Waals surface area (Å²) in [5.41, 5.74) is 0.866. The van der Waals surface area contributed by atoms with Crippen LogP contribution >= 0.6 is 23.2 Å². The van der Waals surface area contributed by atoms with E-state index in [9.17, 15) is 8.42 Å². The number of sulfone groups is 1. The van der Waals surface area contributed by atoms with Gasteiger partial charge < -0.3 is 5.32 Å². The Labute approximate surface area is 126 Å². The first-order chi connectivity index (χ1) is 9.34. The molecule has 106 valence electrons. The number of anilines is 1. The molecule has 6 nitrogen and oxygen atoms in total. The number of nitrogens with one attached hydrogen (secondary N) is 1. The molecule has 2 rings (SSSR count). The van der Waals surface area contributed by atoms with Gasteiger partial charge in [-0.1, -0.05) is 12.1 Å². The lowest BCUT2D eigenvalue weighted by molar-refractivity contribution is 0.602. The molecule has 0 aliphatic heterocycles. The average molecular weight is 333 g/mol. The molecule has 0 radical (unpaired) electrons. The summed E-state index contributed by atoms with van der Waals surface area (Å²) >= 11 is 11.3. The first-order valence-electron chi connectivity index (χ1n) is 5.44. The zero-order chi connectivity index (χ0) is 14.8. The van der Waals surface area contributed by atoms with Crippen LogP contribution in [0.25, 0.3) is 0 Å². The highest BCUT2D eigenvalue weighted by Crippen LogP contribution is 2.13. The number of aromatic nitrogens is 3. The van der Waals surface area contributed by atoms with Gasteiger partial charge in [0.05, 0.1) is 4.90 Å². The first kappa shape index (κ1) is 15.0. The van der Waals surface area contributed by atoms with Gasteiger partial charge in [-0.25, -0.2) is 8.42 Å². The largest absolute Gasteiger partial charge is 0.350 e. The molecule has 0 spiro atoms. The molecule has 1 aromatic carbocycles. The van der Waals surface area contributed by atoms with E-state index in [1.165, 1.54) is 0 Å². The lowest BCUT2D eigenvalue weighted by Gasteiger charge is -2.06. The van der Waals surface area contributed by atoms with Crippen LogP contribution in [-0.4, -0.2) is 29.6 Å². The molecule has 1 aromatic heterocycles. The quantitative estimate of drug-likeness (QED) is 0.923. The maximum Gasteiger partial charge on any atom is 0.228 e. The second-order valence-corrected chi connectivity index (χ2v) is 6.66. The topological polar surface area (TPSA) is 84.8 Å². The van der Waals surface area contributed by atoms with Gasteiger partial charge >= 0.3 is 0 Å². The molecule has 0 aliphatic rings. The van der Waals surface area contributed by atoms with Crippen LogP contribution < -0.4 is 5.32 Å². The monoisotopic (exact) mass is 332 g/mol. The molecule has 0 aliphatic carbocycles. The molecule has 1 heterocycles. The van der Waals surface area contributed by atoms with Crippen LogP contribution in [0.15, 0.2) is 29.2 Å². The van der Waals surface area contributed by atoms with Crippen molar-refractivity contribution in [2.45, 2.75) is 11.4 Å². The van der Waals surface area contributed by atoms with Crippen LogP contribution in [0.3, 0.4) is 0 Å². The standard InChI is InChI=1S/C11H10Cl2N4O2S/c1-20(18,19)8-4-2-7(3-5-8)6-14-11-16-9(12)15-10(13)17-11/h2-5H,6H2,1H3,(H,14,15,16,17). The molecule has 0 amide bonds. The number of benzene rings is 1. The van der Waals surface area contributed by atoms with Gasteiger partial charge in [0.15, 0.2) is 9.84 Å². The predicted molar refractivity (Wildman–Crippen MR) is 76.7 cm³/mol. The van der Waals surface area contributed by atoms with Gasteiger partial charge in [-0.05, 0) is 40.9 Å². The van der Waals surface area contributed by atoms with E-state index < -0.39 is 9.84 Å². The van der Waals surface area contributed by atoms with Crippen LogP contribution in [-0.2, 0) is 16.4 Å². The first-order valence-corrected chi connectivity index (χ1v) is 8.09. The van der Waals surface area contributed by atoms with Crippen molar-refractivity contribution < 1.29 is 8.42 Å². The van der Waals surface area contributed by atoms with Crippen LogP contribution in [0.5, 0.6) is 0 Å². The molecule has 0 bridgehead atoms. The molecule has 0 unspecified atom stereocenters. The molecule has 0 saturated carbocycles. The Hall–Kier alpha value is -1.44. The third-order valence-electron chi connectivity index (χ3n) is 2.38. The lowest BCUT2D eigenvalue weighted by atomic mass is 10.2. The normalized spacial score (nSPS) is 11.3. The van der Waals surface area contributed by atoms with E-state index in [-0.39, 0.29) is 21.4 Å². The van der Waals surface area contributed by atoms with Gasteiger partial charge in [-0.2, -0.15) is 15.0 Å². The summed E-state index contributed by atoms with van der Waals surface area (Å²) in [6, 6.07) is 6.49. The van der Waals surface area contributed by atoms with Crippen molar-refractivity contribution in [3.05, 3.63) is 40.4 Å². The third-order valence-corrected chi connectivity index (χ3v) is 3.85.